The first-order valence-corrected chi connectivity index (χ1v) is 9.67. The molecule has 0 amide bonds. The van der Waals surface area contributed by atoms with E-state index in [4.69, 9.17) is 22.1 Å². The minimum absolute atomic E-state index is 0. The highest BCUT2D eigenvalue weighted by atomic mass is 35.5. The first kappa shape index (κ1) is 21.7. The number of sulfonamides is 1. The average Bonchev–Trinajstić information content (AvgIpc) is 2.54. The van der Waals surface area contributed by atoms with Crippen LogP contribution in [0.5, 0.6) is 0 Å². The third-order valence-electron chi connectivity index (χ3n) is 4.43. The van der Waals surface area contributed by atoms with Crippen LogP contribution in [0.2, 0.25) is 5.02 Å². The second-order valence-corrected chi connectivity index (χ2v) is 8.50. The summed E-state index contributed by atoms with van der Waals surface area (Å²) in [6, 6.07) is 4.93. The lowest BCUT2D eigenvalue weighted by Crippen LogP contribution is -2.51. The van der Waals surface area contributed by atoms with Crippen LogP contribution in [-0.2, 0) is 14.8 Å². The molecule has 1 fully saturated rings. The van der Waals surface area contributed by atoms with E-state index >= 15 is 0 Å². The van der Waals surface area contributed by atoms with Gasteiger partial charge in [-0.05, 0) is 36.5 Å². The zero-order valence-electron chi connectivity index (χ0n) is 14.2. The van der Waals surface area contributed by atoms with Crippen molar-refractivity contribution in [2.24, 2.45) is 5.73 Å². The van der Waals surface area contributed by atoms with Gasteiger partial charge in [0.2, 0.25) is 10.0 Å². The van der Waals surface area contributed by atoms with Crippen molar-refractivity contribution in [2.75, 3.05) is 20.2 Å². The van der Waals surface area contributed by atoms with Gasteiger partial charge in [0.15, 0.2) is 0 Å². The molecule has 0 saturated carbocycles. The van der Waals surface area contributed by atoms with Gasteiger partial charge in [-0.1, -0.05) is 31.5 Å². The summed E-state index contributed by atoms with van der Waals surface area (Å²) in [6.45, 7) is 4.70. The summed E-state index contributed by atoms with van der Waals surface area (Å²) in [7, 11) is -2.03. The second-order valence-electron chi connectivity index (χ2n) is 6.23. The monoisotopic (exact) mass is 396 g/mol. The third-order valence-corrected chi connectivity index (χ3v) is 6.86. The highest BCUT2D eigenvalue weighted by Crippen LogP contribution is 2.32. The van der Waals surface area contributed by atoms with Gasteiger partial charge in [0, 0.05) is 26.2 Å². The van der Waals surface area contributed by atoms with Crippen LogP contribution in [-0.4, -0.2) is 45.1 Å². The van der Waals surface area contributed by atoms with E-state index in [-0.39, 0.29) is 46.9 Å². The normalized spacial score (nSPS) is 22.4. The van der Waals surface area contributed by atoms with E-state index < -0.39 is 10.0 Å². The number of nitrogens with zero attached hydrogens (tertiary/aromatic N) is 1. The SMILES string of the molecule is COC1CCN(S(=O)(=O)c2cc(C(C)C)ccc2Cl)C(CN)C1.Cl. The maximum Gasteiger partial charge on any atom is 0.244 e. The highest BCUT2D eigenvalue weighted by Gasteiger charge is 2.37. The van der Waals surface area contributed by atoms with Crippen molar-refractivity contribution < 1.29 is 13.2 Å². The fourth-order valence-electron chi connectivity index (χ4n) is 2.94. The standard InChI is InChI=1S/C16H25ClN2O3S.ClH/c1-11(2)12-4-5-15(17)16(8-12)23(20,21)19-7-6-14(22-3)9-13(19)10-18;/h4-5,8,11,13-14H,6-7,9-10,18H2,1-3H3;1H. The molecule has 2 rings (SSSR count). The zero-order valence-corrected chi connectivity index (χ0v) is 16.6. The number of hydrogen-bond donors (Lipinski definition) is 1. The Morgan fingerprint density at radius 3 is 2.62 bits per heavy atom. The van der Waals surface area contributed by atoms with Gasteiger partial charge in [0.25, 0.3) is 0 Å². The molecular weight excluding hydrogens is 371 g/mol. The summed E-state index contributed by atoms with van der Waals surface area (Å²) < 4.78 is 33.0. The van der Waals surface area contributed by atoms with Crippen LogP contribution >= 0.6 is 24.0 Å². The Morgan fingerprint density at radius 2 is 2.08 bits per heavy atom. The van der Waals surface area contributed by atoms with Crippen LogP contribution in [0.25, 0.3) is 0 Å². The first-order valence-electron chi connectivity index (χ1n) is 7.85. The van der Waals surface area contributed by atoms with Crippen molar-refractivity contribution in [3.63, 3.8) is 0 Å². The Balaban J connectivity index is 0.00000288. The van der Waals surface area contributed by atoms with Gasteiger partial charge >= 0.3 is 0 Å². The molecule has 1 aromatic rings. The van der Waals surface area contributed by atoms with Crippen LogP contribution in [0.1, 0.15) is 38.2 Å². The Hall–Kier alpha value is -0.370. The van der Waals surface area contributed by atoms with Crippen molar-refractivity contribution in [1.82, 2.24) is 4.31 Å². The van der Waals surface area contributed by atoms with Gasteiger partial charge in [-0.3, -0.25) is 0 Å². The largest absolute Gasteiger partial charge is 0.381 e. The van der Waals surface area contributed by atoms with Crippen molar-refractivity contribution in [3.8, 4) is 0 Å². The molecule has 2 N–H and O–H groups in total. The third kappa shape index (κ3) is 4.42. The van der Waals surface area contributed by atoms with Gasteiger partial charge in [0.1, 0.15) is 4.90 Å². The summed E-state index contributed by atoms with van der Waals surface area (Å²) in [4.78, 5) is 0.166. The van der Waals surface area contributed by atoms with E-state index in [1.807, 2.05) is 19.9 Å². The number of hydrogen-bond acceptors (Lipinski definition) is 4. The molecule has 0 spiro atoms. The van der Waals surface area contributed by atoms with Crippen LogP contribution < -0.4 is 5.73 Å². The molecule has 0 bridgehead atoms. The number of piperidine rings is 1. The number of rotatable bonds is 5. The molecule has 1 heterocycles. The summed E-state index contributed by atoms with van der Waals surface area (Å²) in [5.74, 6) is 0.228. The molecule has 2 atom stereocenters. The van der Waals surface area contributed by atoms with Crippen LogP contribution in [0.15, 0.2) is 23.1 Å². The minimum Gasteiger partial charge on any atom is -0.381 e. The van der Waals surface area contributed by atoms with Crippen molar-refractivity contribution in [1.29, 1.82) is 0 Å². The highest BCUT2D eigenvalue weighted by molar-refractivity contribution is 7.89. The molecular formula is C16H26Cl2N2O3S. The van der Waals surface area contributed by atoms with Gasteiger partial charge < -0.3 is 10.5 Å². The lowest BCUT2D eigenvalue weighted by molar-refractivity contribution is 0.0401. The van der Waals surface area contributed by atoms with Crippen molar-refractivity contribution >= 4 is 34.0 Å². The fourth-order valence-corrected chi connectivity index (χ4v) is 5.11. The van der Waals surface area contributed by atoms with E-state index in [1.165, 1.54) is 4.31 Å². The molecule has 2 unspecified atom stereocenters. The molecule has 24 heavy (non-hydrogen) atoms. The smallest absolute Gasteiger partial charge is 0.244 e. The summed E-state index contributed by atoms with van der Waals surface area (Å²) in [5.41, 5.74) is 6.76. The Morgan fingerprint density at radius 1 is 1.42 bits per heavy atom. The first-order chi connectivity index (χ1) is 10.8. The van der Waals surface area contributed by atoms with Crippen LogP contribution in [0.4, 0.5) is 0 Å². The van der Waals surface area contributed by atoms with Gasteiger partial charge in [-0.25, -0.2) is 8.42 Å². The molecule has 138 valence electrons. The van der Waals surface area contributed by atoms with Gasteiger partial charge in [-0.2, -0.15) is 4.31 Å². The topological polar surface area (TPSA) is 72.6 Å². The lowest BCUT2D eigenvalue weighted by atomic mass is 10.0. The number of ether oxygens (including phenoxy) is 1. The molecule has 0 aliphatic carbocycles. The quantitative estimate of drug-likeness (QED) is 0.829. The molecule has 5 nitrogen and oxygen atoms in total. The summed E-state index contributed by atoms with van der Waals surface area (Å²) >= 11 is 6.19. The predicted octanol–water partition coefficient (Wildman–Crippen LogP) is 3.01. The maximum atomic E-state index is 13.1. The van der Waals surface area contributed by atoms with Crippen molar-refractivity contribution in [3.05, 3.63) is 28.8 Å². The van der Waals surface area contributed by atoms with Gasteiger partial charge in [0.05, 0.1) is 11.1 Å². The number of nitrogens with two attached hydrogens (primary N) is 1. The zero-order chi connectivity index (χ0) is 17.2. The summed E-state index contributed by atoms with van der Waals surface area (Å²) in [6.07, 6.45) is 1.31. The Bertz CT molecular complexity index is 653. The van der Waals surface area contributed by atoms with E-state index in [9.17, 15) is 8.42 Å². The maximum absolute atomic E-state index is 13.1. The van der Waals surface area contributed by atoms with Crippen molar-refractivity contribution in [2.45, 2.75) is 49.6 Å². The average molecular weight is 397 g/mol. The summed E-state index contributed by atoms with van der Waals surface area (Å²) in [5, 5.41) is 0.249. The fraction of sp³-hybridized carbons (Fsp3) is 0.625. The molecule has 0 radical (unpaired) electrons. The van der Waals surface area contributed by atoms with E-state index in [0.29, 0.717) is 19.4 Å². The molecule has 8 heteroatoms. The molecule has 1 aliphatic rings. The molecule has 1 aromatic carbocycles. The molecule has 0 aromatic heterocycles. The molecule has 1 aliphatic heterocycles. The Kier molecular flexibility index (Phi) is 7.97. The minimum atomic E-state index is -3.68. The van der Waals surface area contributed by atoms with Crippen LogP contribution in [0, 0.1) is 0 Å². The van der Waals surface area contributed by atoms with E-state index in [2.05, 4.69) is 0 Å². The number of benzene rings is 1. The van der Waals surface area contributed by atoms with E-state index in [0.717, 1.165) is 5.56 Å². The van der Waals surface area contributed by atoms with Crippen LogP contribution in [0.3, 0.4) is 0 Å². The number of methoxy groups -OCH3 is 1. The predicted molar refractivity (Wildman–Crippen MR) is 99.6 cm³/mol. The Labute approximate surface area is 156 Å². The van der Waals surface area contributed by atoms with Gasteiger partial charge in [-0.15, -0.1) is 12.4 Å². The number of halogens is 2. The van der Waals surface area contributed by atoms with E-state index in [1.54, 1.807) is 19.2 Å². The lowest BCUT2D eigenvalue weighted by Gasteiger charge is -2.37. The second kappa shape index (κ2) is 8.83. The molecule has 1 saturated heterocycles.